The molecule has 6 N–H and O–H groups in total. The van der Waals surface area contributed by atoms with Crippen LogP contribution < -0.4 is 5.32 Å². The first kappa shape index (κ1) is 84.3. The number of phosphoric ester groups is 1. The number of aliphatic carboxylic acids is 4. The summed E-state index contributed by atoms with van der Waals surface area (Å²) in [6.45, 7) is 0.605. The van der Waals surface area contributed by atoms with Crippen molar-refractivity contribution in [3.8, 4) is 0 Å². The van der Waals surface area contributed by atoms with Gasteiger partial charge in [0.15, 0.2) is 6.10 Å². The fourth-order valence-corrected chi connectivity index (χ4v) is 10.5. The molecule has 21 nitrogen and oxygen atoms in total. The second-order valence-electron chi connectivity index (χ2n) is 21.0. The van der Waals surface area contributed by atoms with E-state index in [4.69, 9.17) is 18.5 Å². The van der Waals surface area contributed by atoms with Crippen molar-refractivity contribution in [2.45, 2.75) is 231 Å². The van der Waals surface area contributed by atoms with Gasteiger partial charge in [-0.1, -0.05) is 174 Å². The van der Waals surface area contributed by atoms with Crippen molar-refractivity contribution < 1.29 is 196 Å². The molecule has 0 bridgehead atoms. The Morgan fingerprint density at radius 1 is 0.525 bits per heavy atom. The predicted octanol–water partition coefficient (Wildman–Crippen LogP) is 9.21. The number of carbonyl (C=O) groups is 7. The maximum atomic E-state index is 12.9. The van der Waals surface area contributed by atoms with Gasteiger partial charge in [0.2, 0.25) is 5.91 Å². The fraction of sp³-hybridized carbons (Fsp3) is 0.873. The van der Waals surface area contributed by atoms with Crippen LogP contribution >= 0.6 is 7.82 Å². The monoisotopic (exact) mass is 1610 g/mol. The van der Waals surface area contributed by atoms with E-state index < -0.39 is 101 Å². The molecule has 2 atom stereocenters. The quantitative estimate of drug-likeness (QED) is 0.0188. The molecule has 3 radical (unpaired) electrons. The molecular weight excluding hydrogens is 1510 g/mol. The minimum atomic E-state index is -4.76. The van der Waals surface area contributed by atoms with Gasteiger partial charge in [0.25, 0.3) is 0 Å². The summed E-state index contributed by atoms with van der Waals surface area (Å²) in [6.07, 6.45) is 29.7. The topological polar surface area (TPSA) is 296 Å². The number of phosphoric acid groups is 1. The molecule has 25 heteroatoms. The van der Waals surface area contributed by atoms with E-state index in [1.807, 2.05) is 0 Å². The third-order valence-corrected chi connectivity index (χ3v) is 14.9. The summed E-state index contributed by atoms with van der Waals surface area (Å²) in [6, 6.07) is 0. The van der Waals surface area contributed by atoms with Crippen LogP contribution in [0.2, 0.25) is 0 Å². The Balaban J connectivity index is -0.0000198. The number of nitrogens with zero attached hydrogens (tertiary/aromatic N) is 3. The van der Waals surface area contributed by atoms with Crippen LogP contribution in [0.4, 0.5) is 0 Å². The van der Waals surface area contributed by atoms with Crippen molar-refractivity contribution in [2.75, 3.05) is 78.7 Å². The second kappa shape index (κ2) is 54.5. The van der Waals surface area contributed by atoms with Crippen LogP contribution in [-0.2, 0) is 56.6 Å². The second-order valence-corrected chi connectivity index (χ2v) is 22.5. The summed E-state index contributed by atoms with van der Waals surface area (Å²) in [7, 11) is -4.76. The van der Waals surface area contributed by atoms with E-state index in [-0.39, 0.29) is 192 Å². The number of nitrogens with one attached hydrogen (secondary N) is 1. The summed E-state index contributed by atoms with van der Waals surface area (Å²) < 4.78 is 34.2. The van der Waals surface area contributed by atoms with Gasteiger partial charge in [-0.05, 0) is 25.7 Å². The molecule has 0 spiro atoms. The summed E-state index contributed by atoms with van der Waals surface area (Å²) in [4.78, 5) is 101. The van der Waals surface area contributed by atoms with Gasteiger partial charge in [-0.15, -0.1) is 0 Å². The van der Waals surface area contributed by atoms with E-state index in [0.717, 1.165) is 44.9 Å². The molecule has 2 unspecified atom stereocenters. The molecule has 1 rings (SSSR count). The molecule has 0 aromatic heterocycles. The summed E-state index contributed by atoms with van der Waals surface area (Å²) in [5, 5.41) is 41.2. The summed E-state index contributed by atoms with van der Waals surface area (Å²) >= 11 is 0. The molecule has 1 aliphatic rings. The molecule has 1 amide bonds. The number of carboxylic acids is 4. The maximum Gasteiger partial charge on any atom is 3.00 e. The average Bonchev–Trinajstić information content (AvgIpc) is 3.53. The van der Waals surface area contributed by atoms with Crippen LogP contribution in [-0.4, -0.2) is 172 Å². The van der Waals surface area contributed by atoms with Crippen molar-refractivity contribution in [2.24, 2.45) is 0 Å². The molecule has 1 aliphatic heterocycles. The van der Waals surface area contributed by atoms with Crippen molar-refractivity contribution >= 4 is 49.5 Å². The SMILES string of the molecule is CCCCCCCCCCCCCCCC(=O)OCC(COP(=O)(O)OCCNC(=O)CCCCC1(N(CC(=O)O)CC(=O)O)CN(CC(=O)O)CCN(CC(=O)O)C1)OC(=O)CCCCCCCCCCCCCCC.[Dy+3].[Dy+3].[Dy+3]. The molecule has 1 saturated heterocycles. The van der Waals surface area contributed by atoms with Gasteiger partial charge >= 0.3 is 158 Å². The standard InChI is InChI=1S/C55H101N4O17P.3Dy/c1-3-5-7-9-11-13-15-17-19-21-23-25-27-32-53(69)73-43-47(76-54(70)33-28-26-24-22-20-18-16-14-12-10-8-6-4-2)44-75-77(71,72)74-38-35-56-48(60)31-29-30-34-55(59(41-51(65)66)42-52(67)68)45-57(39-49(61)62)36-37-58(46-55)40-50(63)64;;;/h47H,3-46H2,1-2H3,(H,56,60)(H,61,62)(H,63,64)(H,65,66)(H,67,68)(H,71,72);;;/q;3*+3. The van der Waals surface area contributed by atoms with Gasteiger partial charge in [0.1, 0.15) is 6.61 Å². The Bertz CT molecular complexity index is 1670. The van der Waals surface area contributed by atoms with E-state index in [9.17, 15) is 63.4 Å². The van der Waals surface area contributed by atoms with Gasteiger partial charge in [-0.25, -0.2) is 4.57 Å². The number of carbonyl (C=O) groups excluding carboxylic acids is 3. The first-order valence-corrected chi connectivity index (χ1v) is 30.7. The van der Waals surface area contributed by atoms with Crippen molar-refractivity contribution in [1.82, 2.24) is 20.0 Å². The smallest absolute Gasteiger partial charge is 0.480 e. The minimum Gasteiger partial charge on any atom is -0.480 e. The fourth-order valence-electron chi connectivity index (χ4n) is 9.80. The molecule has 469 valence electrons. The predicted molar refractivity (Wildman–Crippen MR) is 292 cm³/mol. The third-order valence-electron chi connectivity index (χ3n) is 13.9. The Morgan fingerprint density at radius 2 is 0.912 bits per heavy atom. The molecule has 0 saturated carbocycles. The molecule has 80 heavy (non-hydrogen) atoms. The van der Waals surface area contributed by atoms with Crippen molar-refractivity contribution in [3.63, 3.8) is 0 Å². The van der Waals surface area contributed by atoms with Crippen LogP contribution in [0.15, 0.2) is 0 Å². The van der Waals surface area contributed by atoms with Crippen LogP contribution in [0.3, 0.4) is 0 Å². The Morgan fingerprint density at radius 3 is 1.31 bits per heavy atom. The van der Waals surface area contributed by atoms with Crippen LogP contribution in [0, 0.1) is 115 Å². The molecule has 0 aromatic carbocycles. The summed E-state index contributed by atoms with van der Waals surface area (Å²) in [5.74, 6) is -6.51. The number of ether oxygens (including phenoxy) is 2. The Kier molecular flexibility index (Phi) is 57.4. The van der Waals surface area contributed by atoms with E-state index in [1.54, 1.807) is 0 Å². The maximum absolute atomic E-state index is 12.9. The number of hydrogen-bond donors (Lipinski definition) is 6. The van der Waals surface area contributed by atoms with Crippen molar-refractivity contribution in [3.05, 3.63) is 0 Å². The summed E-state index contributed by atoms with van der Waals surface area (Å²) in [5.41, 5.74) is -1.32. The minimum absolute atomic E-state index is 0. The van der Waals surface area contributed by atoms with E-state index in [2.05, 4.69) is 19.2 Å². The Labute approximate surface area is 569 Å². The van der Waals surface area contributed by atoms with Gasteiger partial charge < -0.3 is 40.1 Å². The first-order chi connectivity index (χ1) is 36.9. The van der Waals surface area contributed by atoms with Gasteiger partial charge in [0.05, 0.1) is 39.4 Å². The first-order valence-electron chi connectivity index (χ1n) is 29.2. The number of unbranched alkanes of at least 4 members (excludes halogenated alkanes) is 25. The molecular formula is C55H101Dy3N4O17P+9. The zero-order chi connectivity index (χ0) is 57.0. The zero-order valence-electron chi connectivity index (χ0n) is 48.1. The van der Waals surface area contributed by atoms with Gasteiger partial charge in [0, 0.05) is 57.5 Å². The molecule has 0 aromatic rings. The number of carboxylic acid groups (broad SMARTS) is 4. The average molecular weight is 1610 g/mol. The molecule has 1 heterocycles. The van der Waals surface area contributed by atoms with E-state index in [0.29, 0.717) is 12.8 Å². The molecule has 1 fully saturated rings. The Hall–Kier alpha value is 0.0982. The number of rotatable bonds is 52. The largest absolute Gasteiger partial charge is 3.00 e. The normalized spacial score (nSPS) is 14.6. The van der Waals surface area contributed by atoms with Crippen LogP contribution in [0.25, 0.3) is 0 Å². The zero-order valence-corrected chi connectivity index (χ0v) is 55.0. The van der Waals surface area contributed by atoms with E-state index in [1.165, 1.54) is 124 Å². The molecule has 0 aliphatic carbocycles. The van der Waals surface area contributed by atoms with Crippen LogP contribution in [0.1, 0.15) is 219 Å². The number of esters is 2. The van der Waals surface area contributed by atoms with Crippen LogP contribution in [0.5, 0.6) is 0 Å². The van der Waals surface area contributed by atoms with E-state index >= 15 is 0 Å². The number of hydrogen-bond acceptors (Lipinski definition) is 15. The number of amides is 1. The van der Waals surface area contributed by atoms with Gasteiger partial charge in [-0.2, -0.15) is 0 Å². The third kappa shape index (κ3) is 48.2. The van der Waals surface area contributed by atoms with Gasteiger partial charge in [-0.3, -0.25) is 57.3 Å². The van der Waals surface area contributed by atoms with Crippen molar-refractivity contribution in [1.29, 1.82) is 0 Å².